The molecule has 2 heterocycles. The molecule has 1 aliphatic heterocycles. The van der Waals surface area contributed by atoms with Crippen molar-refractivity contribution in [1.82, 2.24) is 19.5 Å². The average molecular weight is 885 g/mol. The van der Waals surface area contributed by atoms with Crippen LogP contribution in [0.25, 0.3) is 0 Å². The number of methoxy groups -OCH3 is 2. The molecule has 330 valence electrons. The van der Waals surface area contributed by atoms with Gasteiger partial charge in [0.2, 0.25) is 5.79 Å². The number of aliphatic hydroxyl groups is 1. The van der Waals surface area contributed by atoms with Crippen LogP contribution in [-0.4, -0.2) is 82.3 Å². The fraction of sp³-hybridized carbons (Fsp3) is 0.383. The molecule has 1 aromatic heterocycles. The van der Waals surface area contributed by atoms with E-state index in [0.717, 1.165) is 22.3 Å². The molecule has 1 unspecified atom stereocenters. The van der Waals surface area contributed by atoms with E-state index >= 15 is 0 Å². The number of aromatic amines is 1. The third-order valence-corrected chi connectivity index (χ3v) is 13.3. The Morgan fingerprint density at radius 2 is 1.45 bits per heavy atom. The van der Waals surface area contributed by atoms with Crippen molar-refractivity contribution in [2.24, 2.45) is 0 Å². The maximum atomic E-state index is 13.3. The number of hydrogen-bond donors (Lipinski definition) is 3. The number of benzene rings is 4. The molecule has 0 aliphatic carbocycles. The minimum absolute atomic E-state index is 0.0401. The Balaban J connectivity index is 1.37. The highest BCUT2D eigenvalue weighted by atomic mass is 32.1. The summed E-state index contributed by atoms with van der Waals surface area (Å²) in [4.78, 5) is 28.8. The van der Waals surface area contributed by atoms with Crippen LogP contribution >= 0.6 is 20.7 Å². The Bertz CT molecular complexity index is 2270. The van der Waals surface area contributed by atoms with Crippen molar-refractivity contribution in [3.63, 3.8) is 0 Å². The van der Waals surface area contributed by atoms with Gasteiger partial charge in [-0.15, -0.1) is 0 Å². The maximum Gasteiger partial charge on any atom is 0.330 e. The summed E-state index contributed by atoms with van der Waals surface area (Å²) in [5.74, 6) is -0.725. The molecule has 4 atom stereocenters. The Hall–Kier alpha value is -4.76. The Morgan fingerprint density at radius 3 is 2.00 bits per heavy atom. The lowest BCUT2D eigenvalue weighted by Crippen LogP contribution is -2.47. The zero-order valence-corrected chi connectivity index (χ0v) is 38.0. The van der Waals surface area contributed by atoms with Crippen LogP contribution in [0.3, 0.4) is 0 Å². The fourth-order valence-corrected chi connectivity index (χ4v) is 9.61. The summed E-state index contributed by atoms with van der Waals surface area (Å²) in [6, 6.07) is 34.7. The summed E-state index contributed by atoms with van der Waals surface area (Å²) in [5.41, 5.74) is 1.13. The highest BCUT2D eigenvalue weighted by molar-refractivity contribution is 7.80. The highest BCUT2D eigenvalue weighted by Crippen LogP contribution is 2.54. The molecule has 0 spiro atoms. The first-order chi connectivity index (χ1) is 29.8. The normalized spacial score (nSPS) is 18.3. The molecule has 0 radical (unpaired) electrons. The van der Waals surface area contributed by atoms with Gasteiger partial charge < -0.3 is 33.9 Å². The Labute approximate surface area is 369 Å². The summed E-state index contributed by atoms with van der Waals surface area (Å²) >= 11 is 5.60. The SMILES string of the molecule is COc1ccc(C(OC[C@H]2O[C@@H](n3cc(C)c(=O)[nH]c3=O)C[C@]2(O)OP(OCCCNC(=S)c2ccccc2)N(C(C)C)C(C)C)(c2ccccc2)c2ccc(OC)cc2)cc1. The van der Waals surface area contributed by atoms with E-state index in [0.29, 0.717) is 35.0 Å². The minimum Gasteiger partial charge on any atom is -0.497 e. The summed E-state index contributed by atoms with van der Waals surface area (Å²) < 4.78 is 41.7. The largest absolute Gasteiger partial charge is 0.497 e. The standard InChI is InChI=1S/C47H57N4O9PS/c1-32(2)51(33(3)4)61(58-28-14-27-48-44(62)35-15-10-8-11-16-35)60-46(54)29-42(50-30-34(5)43(52)49-45(50)53)59-41(46)31-57-47(36-17-12-9-13-18-36,37-19-23-39(55-6)24-20-37)38-21-25-40(56-7)26-22-38/h8-13,15-26,30,32-33,41-42,54H,14,27-29,31H2,1-7H3,(H,48,62)(H,49,52,53)/t41-,42-,46+,61?/m1/s1. The lowest BCUT2D eigenvalue weighted by atomic mass is 9.80. The Kier molecular flexibility index (Phi) is 15.9. The van der Waals surface area contributed by atoms with Gasteiger partial charge in [-0.25, -0.2) is 9.46 Å². The molecular weight excluding hydrogens is 828 g/mol. The minimum atomic E-state index is -2.06. The van der Waals surface area contributed by atoms with Gasteiger partial charge in [0.1, 0.15) is 34.4 Å². The van der Waals surface area contributed by atoms with Crippen LogP contribution < -0.4 is 26.0 Å². The van der Waals surface area contributed by atoms with Gasteiger partial charge in [-0.2, -0.15) is 0 Å². The lowest BCUT2D eigenvalue weighted by Gasteiger charge is -2.41. The number of thiocarbonyl (C=S) groups is 1. The first-order valence-electron chi connectivity index (χ1n) is 20.7. The average Bonchev–Trinajstić information content (AvgIpc) is 3.60. The highest BCUT2D eigenvalue weighted by Gasteiger charge is 2.54. The summed E-state index contributed by atoms with van der Waals surface area (Å²) in [7, 11) is 1.28. The molecule has 15 heteroatoms. The molecule has 62 heavy (non-hydrogen) atoms. The van der Waals surface area contributed by atoms with E-state index in [1.807, 2.05) is 137 Å². The second-order valence-electron chi connectivity index (χ2n) is 15.6. The number of rotatable bonds is 20. The second-order valence-corrected chi connectivity index (χ2v) is 17.4. The molecule has 0 bridgehead atoms. The van der Waals surface area contributed by atoms with Gasteiger partial charge >= 0.3 is 5.69 Å². The van der Waals surface area contributed by atoms with Crippen LogP contribution in [0.15, 0.2) is 125 Å². The van der Waals surface area contributed by atoms with Crippen LogP contribution in [0.2, 0.25) is 0 Å². The fourth-order valence-electron chi connectivity index (χ4n) is 7.59. The van der Waals surface area contributed by atoms with Gasteiger partial charge in [0, 0.05) is 36.0 Å². The van der Waals surface area contributed by atoms with Crippen LogP contribution in [0.4, 0.5) is 0 Å². The number of ether oxygens (including phenoxy) is 4. The van der Waals surface area contributed by atoms with Crippen molar-refractivity contribution in [2.45, 2.75) is 83.3 Å². The van der Waals surface area contributed by atoms with Crippen molar-refractivity contribution < 1.29 is 33.1 Å². The maximum absolute atomic E-state index is 13.3. The van der Waals surface area contributed by atoms with Gasteiger partial charge in [0.25, 0.3) is 14.1 Å². The molecule has 0 saturated carbocycles. The van der Waals surface area contributed by atoms with Crippen molar-refractivity contribution in [3.8, 4) is 11.5 Å². The van der Waals surface area contributed by atoms with Gasteiger partial charge in [0.15, 0.2) is 0 Å². The summed E-state index contributed by atoms with van der Waals surface area (Å²) in [6.07, 6.45) is -0.380. The van der Waals surface area contributed by atoms with E-state index < -0.39 is 43.5 Å². The van der Waals surface area contributed by atoms with E-state index in [1.54, 1.807) is 21.1 Å². The topological polar surface area (TPSA) is 146 Å². The van der Waals surface area contributed by atoms with Gasteiger partial charge in [-0.05, 0) is 82.0 Å². The van der Waals surface area contributed by atoms with Crippen molar-refractivity contribution in [3.05, 3.63) is 164 Å². The van der Waals surface area contributed by atoms with Crippen molar-refractivity contribution >= 4 is 25.7 Å². The summed E-state index contributed by atoms with van der Waals surface area (Å²) in [5, 5.41) is 16.3. The summed E-state index contributed by atoms with van der Waals surface area (Å²) in [6.45, 7) is 10.4. The smallest absolute Gasteiger partial charge is 0.330 e. The number of nitrogens with zero attached hydrogens (tertiary/aromatic N) is 2. The quantitative estimate of drug-likeness (QED) is 0.0233. The van der Waals surface area contributed by atoms with Gasteiger partial charge in [-0.3, -0.25) is 18.9 Å². The van der Waals surface area contributed by atoms with Crippen LogP contribution in [0, 0.1) is 6.92 Å². The Morgan fingerprint density at radius 1 is 0.903 bits per heavy atom. The van der Waals surface area contributed by atoms with E-state index in [2.05, 4.69) is 15.0 Å². The van der Waals surface area contributed by atoms with Gasteiger partial charge in [0.05, 0.1) is 33.9 Å². The number of nitrogens with one attached hydrogen (secondary N) is 2. The predicted molar refractivity (Wildman–Crippen MR) is 245 cm³/mol. The van der Waals surface area contributed by atoms with Crippen LogP contribution in [0.5, 0.6) is 11.5 Å². The molecule has 4 aromatic carbocycles. The van der Waals surface area contributed by atoms with Crippen LogP contribution in [-0.2, 0) is 24.1 Å². The molecule has 1 aliphatic rings. The number of hydrogen-bond acceptors (Lipinski definition) is 11. The van der Waals surface area contributed by atoms with E-state index in [1.165, 1.54) is 10.8 Å². The van der Waals surface area contributed by atoms with Crippen LogP contribution in [0.1, 0.15) is 74.6 Å². The van der Waals surface area contributed by atoms with E-state index in [9.17, 15) is 14.7 Å². The number of H-pyrrole nitrogens is 1. The molecule has 1 fully saturated rings. The second kappa shape index (κ2) is 21.1. The zero-order chi connectivity index (χ0) is 44.4. The lowest BCUT2D eigenvalue weighted by molar-refractivity contribution is -0.201. The van der Waals surface area contributed by atoms with Gasteiger partial charge in [-0.1, -0.05) is 97.1 Å². The number of aromatic nitrogens is 2. The molecule has 6 rings (SSSR count). The zero-order valence-electron chi connectivity index (χ0n) is 36.3. The van der Waals surface area contributed by atoms with E-state index in [4.69, 9.17) is 40.2 Å². The monoisotopic (exact) mass is 884 g/mol. The molecule has 5 aromatic rings. The molecule has 0 amide bonds. The molecule has 3 N–H and O–H groups in total. The molecule has 1 saturated heterocycles. The number of aryl methyl sites for hydroxylation is 1. The molecular formula is C47H57N4O9PS. The molecule has 13 nitrogen and oxygen atoms in total. The van der Waals surface area contributed by atoms with E-state index in [-0.39, 0.29) is 31.7 Å². The predicted octanol–water partition coefficient (Wildman–Crippen LogP) is 7.58. The third-order valence-electron chi connectivity index (χ3n) is 10.7. The third kappa shape index (κ3) is 10.7. The van der Waals surface area contributed by atoms with Crippen molar-refractivity contribution in [1.29, 1.82) is 0 Å². The van der Waals surface area contributed by atoms with Crippen molar-refractivity contribution in [2.75, 3.05) is 34.0 Å². The first-order valence-corrected chi connectivity index (χ1v) is 22.3. The first kappa shape index (κ1) is 46.7.